The number of para-hydroxylation sites is 1. The van der Waals surface area contributed by atoms with Crippen molar-refractivity contribution in [3.63, 3.8) is 0 Å². The van der Waals surface area contributed by atoms with Gasteiger partial charge in [-0.1, -0.05) is 31.2 Å². The molecule has 7 heteroatoms. The van der Waals surface area contributed by atoms with E-state index in [0.717, 1.165) is 60.9 Å². The second-order valence-corrected chi connectivity index (χ2v) is 10.3. The van der Waals surface area contributed by atoms with E-state index >= 15 is 0 Å². The second kappa shape index (κ2) is 9.55. The molecule has 0 bridgehead atoms. The topological polar surface area (TPSA) is 79.1 Å². The van der Waals surface area contributed by atoms with Crippen molar-refractivity contribution in [2.75, 3.05) is 25.0 Å². The largest absolute Gasteiger partial charge is 0.396 e. The number of nitrogens with one attached hydrogen (secondary N) is 1. The summed E-state index contributed by atoms with van der Waals surface area (Å²) in [6, 6.07) is 13.3. The fourth-order valence-corrected chi connectivity index (χ4v) is 5.85. The van der Waals surface area contributed by atoms with E-state index in [9.17, 15) is 0 Å². The van der Waals surface area contributed by atoms with Crippen LogP contribution in [0.5, 0.6) is 0 Å². The predicted molar refractivity (Wildman–Crippen MR) is 140 cm³/mol. The monoisotopic (exact) mass is 470 g/mol. The maximum absolute atomic E-state index is 9.12. The van der Waals surface area contributed by atoms with Crippen LogP contribution < -0.4 is 5.32 Å². The van der Waals surface area contributed by atoms with Gasteiger partial charge in [-0.05, 0) is 55.7 Å². The number of rotatable bonds is 6. The number of aliphatic hydroxyl groups excluding tert-OH is 1. The van der Waals surface area contributed by atoms with Crippen LogP contribution in [0.3, 0.4) is 0 Å². The molecular weight excluding hydrogens is 436 g/mol. The molecule has 4 aromatic rings. The Morgan fingerprint density at radius 3 is 2.74 bits per heavy atom. The highest BCUT2D eigenvalue weighted by Gasteiger charge is 2.24. The van der Waals surface area contributed by atoms with Crippen LogP contribution in [0.25, 0.3) is 21.9 Å². The normalized spacial score (nSPS) is 20.9. The van der Waals surface area contributed by atoms with E-state index in [-0.39, 0.29) is 6.61 Å². The Labute approximate surface area is 206 Å². The van der Waals surface area contributed by atoms with E-state index in [1.54, 1.807) is 0 Å². The van der Waals surface area contributed by atoms with Crippen LogP contribution in [0.4, 0.5) is 11.8 Å². The SMILES string of the molecule is CC1CCC(n2c3ccccc3c3cnc(Nc4ccc5c(n4)CCN(CCCO)C5)nc32)CC1. The minimum absolute atomic E-state index is 0.244. The van der Waals surface area contributed by atoms with Gasteiger partial charge in [0.15, 0.2) is 0 Å². The van der Waals surface area contributed by atoms with Gasteiger partial charge in [-0.25, -0.2) is 9.97 Å². The van der Waals surface area contributed by atoms with Crippen molar-refractivity contribution in [1.82, 2.24) is 24.4 Å². The molecule has 6 rings (SSSR count). The van der Waals surface area contributed by atoms with E-state index in [4.69, 9.17) is 15.1 Å². The van der Waals surface area contributed by atoms with Crippen LogP contribution in [-0.4, -0.2) is 49.2 Å². The summed E-state index contributed by atoms with van der Waals surface area (Å²) in [4.78, 5) is 17.0. The maximum Gasteiger partial charge on any atom is 0.230 e. The first-order chi connectivity index (χ1) is 17.2. The molecule has 0 amide bonds. The van der Waals surface area contributed by atoms with Crippen LogP contribution in [0, 0.1) is 5.92 Å². The van der Waals surface area contributed by atoms with E-state index in [1.807, 2.05) is 12.3 Å². The molecule has 1 saturated carbocycles. The summed E-state index contributed by atoms with van der Waals surface area (Å²) in [5.74, 6) is 2.20. The standard InChI is InChI=1S/C28H34N6O/c1-19-7-10-21(11-8-19)34-25-6-3-2-5-22(25)23-17-29-28(32-27(23)34)31-26-12-9-20-18-33(14-4-16-35)15-13-24(20)30-26/h2-3,5-6,9,12,17,19,21,35H,4,7-8,10-11,13-16,18H2,1H3,(H,29,30,31,32). The lowest BCUT2D eigenvalue weighted by Gasteiger charge is -2.28. The van der Waals surface area contributed by atoms with E-state index < -0.39 is 0 Å². The summed E-state index contributed by atoms with van der Waals surface area (Å²) in [6.07, 6.45) is 8.64. The van der Waals surface area contributed by atoms with Crippen LogP contribution >= 0.6 is 0 Å². The highest BCUT2D eigenvalue weighted by molar-refractivity contribution is 6.06. The quantitative estimate of drug-likeness (QED) is 0.402. The number of hydrogen-bond acceptors (Lipinski definition) is 6. The number of aliphatic hydroxyl groups is 1. The van der Waals surface area contributed by atoms with Crippen LogP contribution in [0.1, 0.15) is 56.3 Å². The Morgan fingerprint density at radius 2 is 1.89 bits per heavy atom. The first kappa shape index (κ1) is 22.4. The van der Waals surface area contributed by atoms with E-state index in [0.29, 0.717) is 12.0 Å². The summed E-state index contributed by atoms with van der Waals surface area (Å²) in [6.45, 7) is 5.41. The number of fused-ring (bicyclic) bond motifs is 4. The zero-order valence-electron chi connectivity index (χ0n) is 20.5. The zero-order chi connectivity index (χ0) is 23.8. The lowest BCUT2D eigenvalue weighted by Crippen LogP contribution is -2.32. The molecule has 4 heterocycles. The first-order valence-electron chi connectivity index (χ1n) is 13.0. The maximum atomic E-state index is 9.12. The van der Waals surface area contributed by atoms with Crippen molar-refractivity contribution in [3.05, 3.63) is 53.9 Å². The van der Waals surface area contributed by atoms with Crippen molar-refractivity contribution in [2.45, 2.75) is 58.0 Å². The molecule has 0 saturated heterocycles. The van der Waals surface area contributed by atoms with Crippen molar-refractivity contribution >= 4 is 33.7 Å². The number of anilines is 2. The third-order valence-electron chi connectivity index (χ3n) is 7.80. The highest BCUT2D eigenvalue weighted by atomic mass is 16.3. The third-order valence-corrected chi connectivity index (χ3v) is 7.80. The zero-order valence-corrected chi connectivity index (χ0v) is 20.5. The van der Waals surface area contributed by atoms with Gasteiger partial charge in [0.2, 0.25) is 5.95 Å². The lowest BCUT2D eigenvalue weighted by molar-refractivity contribution is 0.211. The van der Waals surface area contributed by atoms with Crippen LogP contribution in [0.15, 0.2) is 42.6 Å². The van der Waals surface area contributed by atoms with Crippen molar-refractivity contribution in [1.29, 1.82) is 0 Å². The first-order valence-corrected chi connectivity index (χ1v) is 13.0. The predicted octanol–water partition coefficient (Wildman–Crippen LogP) is 5.21. The smallest absolute Gasteiger partial charge is 0.230 e. The molecule has 35 heavy (non-hydrogen) atoms. The molecule has 0 spiro atoms. The lowest BCUT2D eigenvalue weighted by atomic mass is 9.87. The summed E-state index contributed by atoms with van der Waals surface area (Å²) < 4.78 is 2.46. The number of hydrogen-bond donors (Lipinski definition) is 2. The number of benzene rings is 1. The van der Waals surface area contributed by atoms with E-state index in [1.165, 1.54) is 42.1 Å². The van der Waals surface area contributed by atoms with E-state index in [2.05, 4.69) is 57.0 Å². The second-order valence-electron chi connectivity index (χ2n) is 10.3. The van der Waals surface area contributed by atoms with Gasteiger partial charge >= 0.3 is 0 Å². The molecule has 1 aliphatic carbocycles. The Bertz CT molecular complexity index is 1340. The molecule has 0 radical (unpaired) electrons. The van der Waals surface area contributed by atoms with Gasteiger partial charge in [-0.3, -0.25) is 4.90 Å². The Kier molecular flexibility index (Phi) is 6.12. The minimum atomic E-state index is 0.244. The highest BCUT2D eigenvalue weighted by Crippen LogP contribution is 2.38. The van der Waals surface area contributed by atoms with Gasteiger partial charge in [0.25, 0.3) is 0 Å². The van der Waals surface area contributed by atoms with Gasteiger partial charge in [0, 0.05) is 61.4 Å². The van der Waals surface area contributed by atoms with Gasteiger partial charge in [-0.15, -0.1) is 0 Å². The fraction of sp³-hybridized carbons (Fsp3) is 0.464. The molecule has 0 unspecified atom stereocenters. The molecule has 1 aliphatic heterocycles. The number of nitrogens with zero attached hydrogens (tertiary/aromatic N) is 5. The van der Waals surface area contributed by atoms with Crippen molar-refractivity contribution in [2.24, 2.45) is 5.92 Å². The molecule has 0 atom stereocenters. The van der Waals surface area contributed by atoms with Crippen LogP contribution in [-0.2, 0) is 13.0 Å². The molecule has 1 fully saturated rings. The Balaban J connectivity index is 1.30. The van der Waals surface area contributed by atoms with Crippen molar-refractivity contribution < 1.29 is 5.11 Å². The molecule has 3 aromatic heterocycles. The number of aromatic nitrogens is 4. The van der Waals surface area contributed by atoms with Gasteiger partial charge in [0.1, 0.15) is 11.5 Å². The summed E-state index contributed by atoms with van der Waals surface area (Å²) >= 11 is 0. The molecule has 182 valence electrons. The molecule has 2 aliphatic rings. The summed E-state index contributed by atoms with van der Waals surface area (Å²) in [7, 11) is 0. The average Bonchev–Trinajstić information content (AvgIpc) is 3.21. The summed E-state index contributed by atoms with van der Waals surface area (Å²) in [5.41, 5.74) is 4.68. The molecule has 7 nitrogen and oxygen atoms in total. The molecule has 2 N–H and O–H groups in total. The van der Waals surface area contributed by atoms with Crippen molar-refractivity contribution in [3.8, 4) is 0 Å². The Hall–Kier alpha value is -3.03. The average molecular weight is 471 g/mol. The van der Waals surface area contributed by atoms with Gasteiger partial charge in [0.05, 0.1) is 5.52 Å². The number of pyridine rings is 1. The van der Waals surface area contributed by atoms with Gasteiger partial charge in [-0.2, -0.15) is 4.98 Å². The van der Waals surface area contributed by atoms with Crippen LogP contribution in [0.2, 0.25) is 0 Å². The fourth-order valence-electron chi connectivity index (χ4n) is 5.85. The minimum Gasteiger partial charge on any atom is -0.396 e. The molecular formula is C28H34N6O. The summed E-state index contributed by atoms with van der Waals surface area (Å²) in [5, 5.41) is 14.8. The Morgan fingerprint density at radius 1 is 1.03 bits per heavy atom. The molecule has 1 aromatic carbocycles. The van der Waals surface area contributed by atoms with Gasteiger partial charge < -0.3 is 15.0 Å². The third kappa shape index (κ3) is 4.39.